The van der Waals surface area contributed by atoms with Crippen molar-refractivity contribution in [1.82, 2.24) is 4.57 Å². The van der Waals surface area contributed by atoms with Crippen LogP contribution in [0.15, 0.2) is 35.8 Å². The highest BCUT2D eigenvalue weighted by Crippen LogP contribution is 2.19. The van der Waals surface area contributed by atoms with Gasteiger partial charge in [-0.2, -0.15) is 4.99 Å². The quantitative estimate of drug-likeness (QED) is 0.787. The number of carbonyl (C=O) groups excluding carboxylic acids is 1. The maximum atomic E-state index is 11.7. The molecule has 0 radical (unpaired) electrons. The highest BCUT2D eigenvalue weighted by atomic mass is 32.1. The molecule has 100 valence electrons. The normalized spacial score (nSPS) is 12.0. The van der Waals surface area contributed by atoms with Crippen molar-refractivity contribution in [2.45, 2.75) is 33.2 Å². The van der Waals surface area contributed by atoms with Gasteiger partial charge in [-0.15, -0.1) is 6.58 Å². The van der Waals surface area contributed by atoms with Crippen LogP contribution in [0, 0.1) is 6.92 Å². The smallest absolute Gasteiger partial charge is 0.248 e. The first-order valence-electron chi connectivity index (χ1n) is 6.44. The van der Waals surface area contributed by atoms with E-state index >= 15 is 0 Å². The highest BCUT2D eigenvalue weighted by Gasteiger charge is 2.06. The van der Waals surface area contributed by atoms with E-state index < -0.39 is 0 Å². The number of benzene rings is 1. The topological polar surface area (TPSA) is 34.4 Å². The van der Waals surface area contributed by atoms with Crippen molar-refractivity contribution in [3.05, 3.63) is 41.2 Å². The van der Waals surface area contributed by atoms with Gasteiger partial charge >= 0.3 is 0 Å². The molecule has 2 aromatic rings. The molecular formula is C15H18N2OS. The van der Waals surface area contributed by atoms with E-state index in [4.69, 9.17) is 0 Å². The van der Waals surface area contributed by atoms with Gasteiger partial charge in [-0.3, -0.25) is 4.79 Å². The van der Waals surface area contributed by atoms with Crippen molar-refractivity contribution in [2.75, 3.05) is 0 Å². The van der Waals surface area contributed by atoms with Crippen LogP contribution >= 0.6 is 11.3 Å². The number of carbonyl (C=O) groups is 1. The fourth-order valence-corrected chi connectivity index (χ4v) is 3.10. The van der Waals surface area contributed by atoms with Crippen molar-refractivity contribution < 1.29 is 4.79 Å². The highest BCUT2D eigenvalue weighted by molar-refractivity contribution is 7.16. The number of hydrogen-bond acceptors (Lipinski definition) is 2. The third-order valence-electron chi connectivity index (χ3n) is 2.83. The van der Waals surface area contributed by atoms with E-state index in [0.29, 0.717) is 13.0 Å². The number of amides is 1. The Bertz CT molecular complexity index is 679. The van der Waals surface area contributed by atoms with Crippen molar-refractivity contribution in [1.29, 1.82) is 0 Å². The van der Waals surface area contributed by atoms with Crippen molar-refractivity contribution in [2.24, 2.45) is 4.99 Å². The number of allylic oxidation sites excluding steroid dienone is 1. The van der Waals surface area contributed by atoms with Crippen molar-refractivity contribution in [3.63, 3.8) is 0 Å². The van der Waals surface area contributed by atoms with Crippen LogP contribution in [0.3, 0.4) is 0 Å². The molecule has 1 aromatic heterocycles. The lowest BCUT2D eigenvalue weighted by molar-refractivity contribution is -0.118. The number of aryl methyl sites for hydroxylation is 1. The van der Waals surface area contributed by atoms with Crippen LogP contribution in [0.1, 0.15) is 25.3 Å². The second kappa shape index (κ2) is 5.97. The summed E-state index contributed by atoms with van der Waals surface area (Å²) in [4.78, 5) is 16.7. The molecule has 0 aliphatic heterocycles. The molecule has 0 aliphatic rings. The van der Waals surface area contributed by atoms with Gasteiger partial charge in [-0.05, 0) is 31.0 Å². The Morgan fingerprint density at radius 1 is 1.53 bits per heavy atom. The van der Waals surface area contributed by atoms with E-state index in [-0.39, 0.29) is 5.91 Å². The molecule has 0 atom stereocenters. The van der Waals surface area contributed by atoms with Crippen molar-refractivity contribution in [3.8, 4) is 0 Å². The summed E-state index contributed by atoms with van der Waals surface area (Å²) in [6.45, 7) is 8.49. The van der Waals surface area contributed by atoms with Crippen LogP contribution in [-0.4, -0.2) is 10.5 Å². The van der Waals surface area contributed by atoms with Gasteiger partial charge in [-0.25, -0.2) is 0 Å². The second-order valence-corrected chi connectivity index (χ2v) is 5.52. The Kier molecular flexibility index (Phi) is 4.32. The minimum Gasteiger partial charge on any atom is -0.313 e. The predicted molar refractivity (Wildman–Crippen MR) is 80.2 cm³/mol. The zero-order chi connectivity index (χ0) is 13.8. The fraction of sp³-hybridized carbons (Fsp3) is 0.333. The Morgan fingerprint density at radius 2 is 2.32 bits per heavy atom. The van der Waals surface area contributed by atoms with E-state index in [1.165, 1.54) is 5.56 Å². The van der Waals surface area contributed by atoms with Crippen LogP contribution in [0.2, 0.25) is 0 Å². The first-order valence-corrected chi connectivity index (χ1v) is 7.25. The average molecular weight is 274 g/mol. The van der Waals surface area contributed by atoms with Gasteiger partial charge in [0.2, 0.25) is 5.91 Å². The minimum atomic E-state index is -0.0522. The maximum Gasteiger partial charge on any atom is 0.248 e. The number of hydrogen-bond donors (Lipinski definition) is 0. The molecule has 19 heavy (non-hydrogen) atoms. The molecule has 0 aliphatic carbocycles. The number of nitrogens with zero attached hydrogens (tertiary/aromatic N) is 2. The summed E-state index contributed by atoms with van der Waals surface area (Å²) in [5.74, 6) is -0.0522. The molecule has 0 fully saturated rings. The van der Waals surface area contributed by atoms with Crippen LogP contribution in [0.4, 0.5) is 0 Å². The molecule has 0 saturated heterocycles. The SMILES string of the molecule is C=CCn1c(=NC(=O)CCC)sc2cc(C)ccc21. The zero-order valence-electron chi connectivity index (χ0n) is 11.3. The third kappa shape index (κ3) is 3.01. The number of aromatic nitrogens is 1. The number of fused-ring (bicyclic) bond motifs is 1. The Balaban J connectivity index is 2.62. The monoisotopic (exact) mass is 274 g/mol. The van der Waals surface area contributed by atoms with Crippen LogP contribution in [0.5, 0.6) is 0 Å². The summed E-state index contributed by atoms with van der Waals surface area (Å²) in [6, 6.07) is 6.28. The Hall–Kier alpha value is -1.68. The van der Waals surface area contributed by atoms with Gasteiger partial charge in [0.1, 0.15) is 0 Å². The summed E-state index contributed by atoms with van der Waals surface area (Å²) < 4.78 is 3.20. The molecule has 2 rings (SSSR count). The molecule has 3 nitrogen and oxygen atoms in total. The van der Waals surface area contributed by atoms with Gasteiger partial charge in [0, 0.05) is 13.0 Å². The van der Waals surface area contributed by atoms with E-state index in [1.807, 2.05) is 17.6 Å². The van der Waals surface area contributed by atoms with Crippen LogP contribution < -0.4 is 4.80 Å². The fourth-order valence-electron chi connectivity index (χ4n) is 1.95. The first kappa shape index (κ1) is 13.7. The molecule has 1 heterocycles. The van der Waals surface area contributed by atoms with E-state index in [1.54, 1.807) is 11.3 Å². The molecule has 0 bridgehead atoms. The molecule has 1 amide bonds. The third-order valence-corrected chi connectivity index (χ3v) is 3.88. The van der Waals surface area contributed by atoms with Gasteiger partial charge in [0.15, 0.2) is 4.80 Å². The molecule has 1 aromatic carbocycles. The maximum absolute atomic E-state index is 11.7. The second-order valence-electron chi connectivity index (χ2n) is 4.51. The molecular weight excluding hydrogens is 256 g/mol. The molecule has 4 heteroatoms. The largest absolute Gasteiger partial charge is 0.313 e. The van der Waals surface area contributed by atoms with Gasteiger partial charge < -0.3 is 4.57 Å². The summed E-state index contributed by atoms with van der Waals surface area (Å²) in [6.07, 6.45) is 3.16. The molecule has 0 unspecified atom stereocenters. The molecule has 0 saturated carbocycles. The average Bonchev–Trinajstić information content (AvgIpc) is 2.67. The Morgan fingerprint density at radius 3 is 3.00 bits per heavy atom. The summed E-state index contributed by atoms with van der Waals surface area (Å²) in [5.41, 5.74) is 2.32. The van der Waals surface area contributed by atoms with E-state index in [9.17, 15) is 4.79 Å². The lowest BCUT2D eigenvalue weighted by atomic mass is 10.2. The Labute approximate surface area is 116 Å². The van der Waals surface area contributed by atoms with Gasteiger partial charge in [0.25, 0.3) is 0 Å². The van der Waals surface area contributed by atoms with Gasteiger partial charge in [0.05, 0.1) is 10.2 Å². The van der Waals surface area contributed by atoms with E-state index in [2.05, 4.69) is 36.7 Å². The van der Waals surface area contributed by atoms with Crippen molar-refractivity contribution >= 4 is 27.5 Å². The summed E-state index contributed by atoms with van der Waals surface area (Å²) in [7, 11) is 0. The minimum absolute atomic E-state index is 0.0522. The summed E-state index contributed by atoms with van der Waals surface area (Å²) in [5, 5.41) is 0. The van der Waals surface area contributed by atoms with Gasteiger partial charge in [-0.1, -0.05) is 30.4 Å². The van der Waals surface area contributed by atoms with Crippen LogP contribution in [-0.2, 0) is 11.3 Å². The molecule has 0 N–H and O–H groups in total. The first-order chi connectivity index (χ1) is 9.15. The number of rotatable bonds is 4. The standard InChI is InChI=1S/C15H18N2OS/c1-4-6-14(18)16-15-17(9-5-2)12-8-7-11(3)10-13(12)19-15/h5,7-8,10H,2,4,6,9H2,1,3H3. The predicted octanol–water partition coefficient (Wildman–Crippen LogP) is 3.42. The summed E-state index contributed by atoms with van der Waals surface area (Å²) >= 11 is 1.56. The lowest BCUT2D eigenvalue weighted by Gasteiger charge is -2.00. The lowest BCUT2D eigenvalue weighted by Crippen LogP contribution is -2.16. The van der Waals surface area contributed by atoms with Crippen LogP contribution in [0.25, 0.3) is 10.2 Å². The van der Waals surface area contributed by atoms with E-state index in [0.717, 1.165) is 21.4 Å². The molecule has 0 spiro atoms. The number of thiazole rings is 1. The zero-order valence-corrected chi connectivity index (χ0v) is 12.2.